The normalized spacial score (nSPS) is 13.1. The van der Waals surface area contributed by atoms with Crippen LogP contribution in [0.2, 0.25) is 0 Å². The maximum absolute atomic E-state index is 4.70. The Morgan fingerprint density at radius 3 is 2.64 bits per heavy atom. The van der Waals surface area contributed by atoms with Gasteiger partial charge in [0.2, 0.25) is 0 Å². The molecule has 0 aliphatic heterocycles. The van der Waals surface area contributed by atoms with Crippen LogP contribution in [0.15, 0.2) is 41.7 Å². The van der Waals surface area contributed by atoms with Crippen molar-refractivity contribution in [2.24, 2.45) is 10.9 Å². The second-order valence-electron chi connectivity index (χ2n) is 6.58. The third-order valence-corrected chi connectivity index (χ3v) is 3.92. The molecule has 0 saturated carbocycles. The molecule has 2 aromatic rings. The summed E-state index contributed by atoms with van der Waals surface area (Å²) in [6, 6.07) is 10.6. The topological polar surface area (TPSA) is 67.1 Å². The van der Waals surface area contributed by atoms with Crippen LogP contribution in [0.25, 0.3) is 0 Å². The number of guanidine groups is 1. The van der Waals surface area contributed by atoms with Crippen LogP contribution >= 0.6 is 0 Å². The Morgan fingerprint density at radius 1 is 1.20 bits per heavy atom. The summed E-state index contributed by atoms with van der Waals surface area (Å²) in [4.78, 5) is 4.70. The van der Waals surface area contributed by atoms with Gasteiger partial charge in [-0.25, -0.2) is 0 Å². The first-order valence-electron chi connectivity index (χ1n) is 9.06. The average molecular weight is 342 g/mol. The first-order chi connectivity index (χ1) is 12.1. The number of nitrogens with one attached hydrogen (secondary N) is 2. The van der Waals surface area contributed by atoms with Gasteiger partial charge < -0.3 is 15.2 Å². The molecule has 1 aromatic heterocycles. The van der Waals surface area contributed by atoms with Crippen LogP contribution in [0.4, 0.5) is 0 Å². The van der Waals surface area contributed by atoms with E-state index in [1.165, 1.54) is 5.56 Å². The van der Waals surface area contributed by atoms with E-state index in [2.05, 4.69) is 77.4 Å². The highest BCUT2D eigenvalue weighted by Gasteiger charge is 2.08. The van der Waals surface area contributed by atoms with Crippen LogP contribution in [-0.4, -0.2) is 33.8 Å². The molecule has 6 nitrogen and oxygen atoms in total. The second-order valence-corrected chi connectivity index (χ2v) is 6.58. The zero-order valence-electron chi connectivity index (χ0n) is 15.7. The van der Waals surface area contributed by atoms with Crippen LogP contribution < -0.4 is 10.6 Å². The summed E-state index contributed by atoms with van der Waals surface area (Å²) < 4.78 is 2.08. The van der Waals surface area contributed by atoms with Crippen LogP contribution in [0.3, 0.4) is 0 Å². The molecule has 0 amide bonds. The van der Waals surface area contributed by atoms with Crippen molar-refractivity contribution in [1.82, 2.24) is 25.4 Å². The van der Waals surface area contributed by atoms with Gasteiger partial charge in [-0.2, -0.15) is 0 Å². The van der Waals surface area contributed by atoms with Crippen molar-refractivity contribution in [2.45, 2.75) is 46.7 Å². The van der Waals surface area contributed by atoms with Crippen LogP contribution in [0.5, 0.6) is 0 Å². The van der Waals surface area contributed by atoms with Gasteiger partial charge in [-0.1, -0.05) is 51.1 Å². The van der Waals surface area contributed by atoms with Gasteiger partial charge in [0, 0.05) is 26.1 Å². The van der Waals surface area contributed by atoms with Gasteiger partial charge in [0.05, 0.1) is 6.04 Å². The van der Waals surface area contributed by atoms with Gasteiger partial charge >= 0.3 is 0 Å². The molecule has 0 fully saturated rings. The van der Waals surface area contributed by atoms with E-state index >= 15 is 0 Å². The summed E-state index contributed by atoms with van der Waals surface area (Å²) in [5.41, 5.74) is 1.24. The first-order valence-corrected chi connectivity index (χ1v) is 9.06. The molecule has 0 aliphatic carbocycles. The molecule has 0 aliphatic rings. The number of rotatable bonds is 8. The zero-order valence-corrected chi connectivity index (χ0v) is 15.7. The quantitative estimate of drug-likeness (QED) is 0.572. The van der Waals surface area contributed by atoms with Gasteiger partial charge in [-0.05, 0) is 18.4 Å². The molecule has 136 valence electrons. The fourth-order valence-electron chi connectivity index (χ4n) is 2.49. The van der Waals surface area contributed by atoms with Gasteiger partial charge in [0.15, 0.2) is 5.96 Å². The second kappa shape index (κ2) is 9.81. The number of hydrogen-bond acceptors (Lipinski definition) is 3. The molecular weight excluding hydrogens is 312 g/mol. The average Bonchev–Trinajstić information content (AvgIpc) is 3.07. The molecule has 1 unspecified atom stereocenters. The van der Waals surface area contributed by atoms with E-state index < -0.39 is 0 Å². The monoisotopic (exact) mass is 342 g/mol. The molecule has 6 heteroatoms. The summed E-state index contributed by atoms with van der Waals surface area (Å²) in [7, 11) is 0. The third kappa shape index (κ3) is 6.21. The number of benzene rings is 1. The lowest BCUT2D eigenvalue weighted by atomic mass is 10.1. The molecule has 2 N–H and O–H groups in total. The Labute approximate surface area is 150 Å². The Balaban J connectivity index is 1.94. The lowest BCUT2D eigenvalue weighted by molar-refractivity contribution is 0.609. The van der Waals surface area contributed by atoms with Crippen LogP contribution in [-0.2, 0) is 13.0 Å². The molecule has 1 atom stereocenters. The molecule has 0 bridgehead atoms. The van der Waals surface area contributed by atoms with Crippen molar-refractivity contribution in [3.8, 4) is 0 Å². The first kappa shape index (κ1) is 19.0. The largest absolute Gasteiger partial charge is 0.355 e. The van der Waals surface area contributed by atoms with E-state index in [9.17, 15) is 0 Å². The molecular formula is C19H30N6. The number of aliphatic imine (C=N–C) groups is 1. The molecule has 0 saturated heterocycles. The molecule has 1 heterocycles. The van der Waals surface area contributed by atoms with Crippen molar-refractivity contribution in [3.63, 3.8) is 0 Å². The Hall–Kier alpha value is -2.37. The van der Waals surface area contributed by atoms with Crippen molar-refractivity contribution in [1.29, 1.82) is 0 Å². The van der Waals surface area contributed by atoms with Crippen LogP contribution in [0, 0.1) is 5.92 Å². The summed E-state index contributed by atoms with van der Waals surface area (Å²) in [5, 5.41) is 15.0. The minimum atomic E-state index is 0.195. The lowest BCUT2D eigenvalue weighted by Crippen LogP contribution is -2.40. The summed E-state index contributed by atoms with van der Waals surface area (Å²) in [6.07, 6.45) is 2.67. The number of aryl methyl sites for hydroxylation is 1. The van der Waals surface area contributed by atoms with E-state index in [1.807, 2.05) is 6.07 Å². The van der Waals surface area contributed by atoms with Crippen molar-refractivity contribution >= 4 is 5.96 Å². The third-order valence-electron chi connectivity index (χ3n) is 3.92. The minimum Gasteiger partial charge on any atom is -0.355 e. The zero-order chi connectivity index (χ0) is 18.1. The number of nitrogens with zero attached hydrogens (tertiary/aromatic N) is 4. The lowest BCUT2D eigenvalue weighted by Gasteiger charge is -2.19. The number of aromatic nitrogens is 3. The molecule has 25 heavy (non-hydrogen) atoms. The van der Waals surface area contributed by atoms with E-state index in [4.69, 9.17) is 4.99 Å². The van der Waals surface area contributed by atoms with E-state index in [-0.39, 0.29) is 6.04 Å². The maximum Gasteiger partial charge on any atom is 0.191 e. The summed E-state index contributed by atoms with van der Waals surface area (Å²) in [6.45, 7) is 11.0. The van der Waals surface area contributed by atoms with Gasteiger partial charge in [0.25, 0.3) is 0 Å². The summed E-state index contributed by atoms with van der Waals surface area (Å²) >= 11 is 0. The highest BCUT2D eigenvalue weighted by molar-refractivity contribution is 5.80. The van der Waals surface area contributed by atoms with E-state index in [1.54, 1.807) is 6.33 Å². The summed E-state index contributed by atoms with van der Waals surface area (Å²) in [5.74, 6) is 2.37. The SMILES string of the molecule is CCc1nncn1CCNC(=NCC(C)C)NC(C)c1ccccc1. The Kier molecular flexibility index (Phi) is 7.44. The molecule has 1 aromatic carbocycles. The van der Waals surface area contributed by atoms with Crippen molar-refractivity contribution in [3.05, 3.63) is 48.0 Å². The minimum absolute atomic E-state index is 0.195. The smallest absolute Gasteiger partial charge is 0.191 e. The van der Waals surface area contributed by atoms with Gasteiger partial charge in [0.1, 0.15) is 12.2 Å². The standard InChI is InChI=1S/C19H30N6/c1-5-18-24-22-14-25(18)12-11-20-19(21-13-15(2)3)23-16(4)17-9-7-6-8-10-17/h6-10,14-16H,5,11-13H2,1-4H3,(H2,20,21,23). The maximum atomic E-state index is 4.70. The Bertz CT molecular complexity index is 647. The molecule has 2 rings (SSSR count). The Morgan fingerprint density at radius 2 is 1.96 bits per heavy atom. The van der Waals surface area contributed by atoms with Crippen molar-refractivity contribution in [2.75, 3.05) is 13.1 Å². The van der Waals surface area contributed by atoms with Crippen molar-refractivity contribution < 1.29 is 0 Å². The van der Waals surface area contributed by atoms with E-state index in [0.29, 0.717) is 5.92 Å². The fraction of sp³-hybridized carbons (Fsp3) is 0.526. The number of hydrogen-bond donors (Lipinski definition) is 2. The highest BCUT2D eigenvalue weighted by Crippen LogP contribution is 2.10. The highest BCUT2D eigenvalue weighted by atomic mass is 15.3. The van der Waals surface area contributed by atoms with Gasteiger partial charge in [-0.15, -0.1) is 10.2 Å². The molecule has 0 spiro atoms. The predicted molar refractivity (Wildman–Crippen MR) is 103 cm³/mol. The van der Waals surface area contributed by atoms with E-state index in [0.717, 1.165) is 37.8 Å². The van der Waals surface area contributed by atoms with Crippen LogP contribution in [0.1, 0.15) is 45.1 Å². The van der Waals surface area contributed by atoms with Gasteiger partial charge in [-0.3, -0.25) is 4.99 Å². The predicted octanol–water partition coefficient (Wildman–Crippen LogP) is 2.79. The molecule has 0 radical (unpaired) electrons. The fourth-order valence-corrected chi connectivity index (χ4v) is 2.49.